The molecule has 22 heavy (non-hydrogen) atoms. The number of aromatic hydroxyl groups is 1. The lowest BCUT2D eigenvalue weighted by molar-refractivity contribution is -0.120. The third-order valence-electron chi connectivity index (χ3n) is 3.61. The zero-order valence-electron chi connectivity index (χ0n) is 13.4. The van der Waals surface area contributed by atoms with Gasteiger partial charge in [0.2, 0.25) is 5.91 Å². The van der Waals surface area contributed by atoms with Crippen molar-refractivity contribution < 1.29 is 9.90 Å². The highest BCUT2D eigenvalue weighted by atomic mass is 16.3. The molecule has 2 aromatic rings. The van der Waals surface area contributed by atoms with Gasteiger partial charge in [-0.15, -0.1) is 0 Å². The predicted octanol–water partition coefficient (Wildman–Crippen LogP) is 3.55. The summed E-state index contributed by atoms with van der Waals surface area (Å²) < 4.78 is 0. The molecule has 1 amide bonds. The average molecular weight is 297 g/mol. The van der Waals surface area contributed by atoms with E-state index in [4.69, 9.17) is 0 Å². The summed E-state index contributed by atoms with van der Waals surface area (Å²) in [7, 11) is 0. The van der Waals surface area contributed by atoms with Crippen molar-refractivity contribution in [2.24, 2.45) is 0 Å². The van der Waals surface area contributed by atoms with E-state index in [9.17, 15) is 9.90 Å². The molecule has 0 aliphatic heterocycles. The number of amides is 1. The first-order chi connectivity index (χ1) is 10.3. The van der Waals surface area contributed by atoms with Crippen molar-refractivity contribution in [3.63, 3.8) is 0 Å². The molecule has 0 atom stereocenters. The molecule has 0 fully saturated rings. The standard InChI is InChI=1S/C19H23NO2/c1-19(2,3)16-8-4-15(5-9-16)13-20-18(22)12-14-6-10-17(21)11-7-14/h4-11,21H,12-13H2,1-3H3,(H,20,22). The highest BCUT2D eigenvalue weighted by Crippen LogP contribution is 2.22. The fourth-order valence-corrected chi connectivity index (χ4v) is 2.18. The molecule has 0 aromatic heterocycles. The van der Waals surface area contributed by atoms with Crippen molar-refractivity contribution in [1.29, 1.82) is 0 Å². The Morgan fingerprint density at radius 2 is 1.50 bits per heavy atom. The molecule has 0 aliphatic carbocycles. The van der Waals surface area contributed by atoms with Gasteiger partial charge in [-0.3, -0.25) is 4.79 Å². The maximum Gasteiger partial charge on any atom is 0.224 e. The second kappa shape index (κ2) is 6.65. The van der Waals surface area contributed by atoms with E-state index in [2.05, 4.69) is 50.4 Å². The number of nitrogens with one attached hydrogen (secondary N) is 1. The van der Waals surface area contributed by atoms with E-state index < -0.39 is 0 Å². The normalized spacial score (nSPS) is 11.2. The molecule has 0 spiro atoms. The largest absolute Gasteiger partial charge is 0.508 e. The summed E-state index contributed by atoms with van der Waals surface area (Å²) in [5, 5.41) is 12.1. The fraction of sp³-hybridized carbons (Fsp3) is 0.316. The average Bonchev–Trinajstić information content (AvgIpc) is 2.47. The van der Waals surface area contributed by atoms with Crippen LogP contribution < -0.4 is 5.32 Å². The summed E-state index contributed by atoms with van der Waals surface area (Å²) >= 11 is 0. The number of hydrogen-bond donors (Lipinski definition) is 2. The molecule has 3 nitrogen and oxygen atoms in total. The summed E-state index contributed by atoms with van der Waals surface area (Å²) in [6.07, 6.45) is 0.320. The third kappa shape index (κ3) is 4.62. The number of carbonyl (C=O) groups excluding carboxylic acids is 1. The Labute approximate surface area is 132 Å². The Hall–Kier alpha value is -2.29. The molecule has 0 bridgehead atoms. The Morgan fingerprint density at radius 3 is 2.05 bits per heavy atom. The van der Waals surface area contributed by atoms with Crippen LogP contribution in [0.25, 0.3) is 0 Å². The van der Waals surface area contributed by atoms with Crippen LogP contribution in [0.3, 0.4) is 0 Å². The zero-order valence-corrected chi connectivity index (χ0v) is 13.4. The minimum atomic E-state index is -0.0226. The van der Waals surface area contributed by atoms with Gasteiger partial charge in [0.1, 0.15) is 5.75 Å². The highest BCUT2D eigenvalue weighted by Gasteiger charge is 2.12. The Morgan fingerprint density at radius 1 is 0.955 bits per heavy atom. The maximum absolute atomic E-state index is 11.9. The van der Waals surface area contributed by atoms with Crippen LogP contribution in [0.2, 0.25) is 0 Å². The number of phenolic OH excluding ortho intramolecular Hbond substituents is 1. The van der Waals surface area contributed by atoms with Crippen LogP contribution in [-0.2, 0) is 23.2 Å². The van der Waals surface area contributed by atoms with Crippen LogP contribution in [-0.4, -0.2) is 11.0 Å². The van der Waals surface area contributed by atoms with E-state index in [0.717, 1.165) is 11.1 Å². The van der Waals surface area contributed by atoms with Crippen LogP contribution in [0.1, 0.15) is 37.5 Å². The highest BCUT2D eigenvalue weighted by molar-refractivity contribution is 5.78. The van der Waals surface area contributed by atoms with Crippen LogP contribution in [0.4, 0.5) is 0 Å². The SMILES string of the molecule is CC(C)(C)c1ccc(CNC(=O)Cc2ccc(O)cc2)cc1. The van der Waals surface area contributed by atoms with Crippen LogP contribution in [0.15, 0.2) is 48.5 Å². The monoisotopic (exact) mass is 297 g/mol. The predicted molar refractivity (Wildman–Crippen MR) is 88.8 cm³/mol. The number of hydrogen-bond acceptors (Lipinski definition) is 2. The second-order valence-corrected chi connectivity index (χ2v) is 6.57. The summed E-state index contributed by atoms with van der Waals surface area (Å²) in [6, 6.07) is 15.0. The van der Waals surface area contributed by atoms with Gasteiger partial charge < -0.3 is 10.4 Å². The van der Waals surface area contributed by atoms with Crippen molar-refractivity contribution >= 4 is 5.91 Å². The van der Waals surface area contributed by atoms with Gasteiger partial charge in [0.05, 0.1) is 6.42 Å². The summed E-state index contributed by atoms with van der Waals surface area (Å²) in [5.41, 5.74) is 3.40. The van der Waals surface area contributed by atoms with Crippen molar-refractivity contribution in [3.8, 4) is 5.75 Å². The summed E-state index contributed by atoms with van der Waals surface area (Å²) in [5.74, 6) is 0.189. The molecule has 0 saturated heterocycles. The van der Waals surface area contributed by atoms with Crippen LogP contribution in [0.5, 0.6) is 5.75 Å². The van der Waals surface area contributed by atoms with Gasteiger partial charge in [-0.2, -0.15) is 0 Å². The molecule has 0 unspecified atom stereocenters. The summed E-state index contributed by atoms with van der Waals surface area (Å²) in [4.78, 5) is 11.9. The minimum Gasteiger partial charge on any atom is -0.508 e. The molecular formula is C19H23NO2. The summed E-state index contributed by atoms with van der Waals surface area (Å²) in [6.45, 7) is 7.08. The topological polar surface area (TPSA) is 49.3 Å². The quantitative estimate of drug-likeness (QED) is 0.906. The molecule has 2 N–H and O–H groups in total. The van der Waals surface area contributed by atoms with Crippen LogP contribution in [0, 0.1) is 0 Å². The van der Waals surface area contributed by atoms with Gasteiger partial charge in [0.15, 0.2) is 0 Å². The molecular weight excluding hydrogens is 274 g/mol. The number of rotatable bonds is 4. The first kappa shape index (κ1) is 16.1. The Kier molecular flexibility index (Phi) is 4.86. The smallest absolute Gasteiger partial charge is 0.224 e. The first-order valence-corrected chi connectivity index (χ1v) is 7.48. The van der Waals surface area contributed by atoms with E-state index in [0.29, 0.717) is 13.0 Å². The van der Waals surface area contributed by atoms with Crippen molar-refractivity contribution in [2.75, 3.05) is 0 Å². The first-order valence-electron chi connectivity index (χ1n) is 7.48. The molecule has 116 valence electrons. The van der Waals surface area contributed by atoms with Gasteiger partial charge in [-0.1, -0.05) is 57.2 Å². The lowest BCUT2D eigenvalue weighted by Crippen LogP contribution is -2.24. The number of phenols is 1. The van der Waals surface area contributed by atoms with Gasteiger partial charge in [-0.05, 0) is 34.2 Å². The molecule has 0 aliphatic rings. The fourth-order valence-electron chi connectivity index (χ4n) is 2.18. The lowest BCUT2D eigenvalue weighted by Gasteiger charge is -2.19. The van der Waals surface area contributed by atoms with Crippen molar-refractivity contribution in [2.45, 2.75) is 39.2 Å². The van der Waals surface area contributed by atoms with Crippen LogP contribution >= 0.6 is 0 Å². The van der Waals surface area contributed by atoms with Crippen molar-refractivity contribution in [3.05, 3.63) is 65.2 Å². The molecule has 3 heteroatoms. The second-order valence-electron chi connectivity index (χ2n) is 6.57. The Balaban J connectivity index is 1.87. The maximum atomic E-state index is 11.9. The molecule has 2 aromatic carbocycles. The van der Waals surface area contributed by atoms with Gasteiger partial charge >= 0.3 is 0 Å². The van der Waals surface area contributed by atoms with Crippen molar-refractivity contribution in [1.82, 2.24) is 5.32 Å². The van der Waals surface area contributed by atoms with Gasteiger partial charge in [-0.25, -0.2) is 0 Å². The zero-order chi connectivity index (χ0) is 16.2. The van der Waals surface area contributed by atoms with Gasteiger partial charge in [0.25, 0.3) is 0 Å². The minimum absolute atomic E-state index is 0.0226. The van der Waals surface area contributed by atoms with E-state index in [1.54, 1.807) is 24.3 Å². The molecule has 2 rings (SSSR count). The number of benzene rings is 2. The lowest BCUT2D eigenvalue weighted by atomic mass is 9.87. The molecule has 0 saturated carbocycles. The Bertz CT molecular complexity index is 622. The third-order valence-corrected chi connectivity index (χ3v) is 3.61. The van der Waals surface area contributed by atoms with E-state index in [-0.39, 0.29) is 17.1 Å². The number of carbonyl (C=O) groups is 1. The van der Waals surface area contributed by atoms with Gasteiger partial charge in [0, 0.05) is 6.54 Å². The molecule has 0 radical (unpaired) electrons. The van der Waals surface area contributed by atoms with E-state index in [1.807, 2.05) is 0 Å². The molecule has 0 heterocycles. The van der Waals surface area contributed by atoms with E-state index >= 15 is 0 Å². The van der Waals surface area contributed by atoms with E-state index in [1.165, 1.54) is 5.56 Å².